The van der Waals surface area contributed by atoms with Crippen LogP contribution in [0, 0.1) is 13.8 Å². The molecule has 1 atom stereocenters. The number of carbonyl (C=O) groups is 1. The highest BCUT2D eigenvalue weighted by Crippen LogP contribution is 2.32. The van der Waals surface area contributed by atoms with Gasteiger partial charge in [-0.25, -0.2) is 0 Å². The fourth-order valence-electron chi connectivity index (χ4n) is 2.69. The van der Waals surface area contributed by atoms with Gasteiger partial charge in [-0.15, -0.1) is 0 Å². The second-order valence-electron chi connectivity index (χ2n) is 5.52. The summed E-state index contributed by atoms with van der Waals surface area (Å²) < 4.78 is 0. The van der Waals surface area contributed by atoms with Gasteiger partial charge < -0.3 is 4.90 Å². The van der Waals surface area contributed by atoms with Crippen LogP contribution in [0.4, 0.5) is 5.69 Å². The quantitative estimate of drug-likeness (QED) is 0.773. The molecule has 0 bridgehead atoms. The molecule has 1 aliphatic heterocycles. The molecule has 0 N–H and O–H groups in total. The van der Waals surface area contributed by atoms with Crippen molar-refractivity contribution in [3.05, 3.63) is 71.3 Å². The van der Waals surface area contributed by atoms with Crippen LogP contribution in [0.2, 0.25) is 0 Å². The van der Waals surface area contributed by atoms with E-state index in [2.05, 4.69) is 44.2 Å². The molecule has 1 saturated heterocycles. The van der Waals surface area contributed by atoms with Crippen molar-refractivity contribution in [2.24, 2.45) is 0 Å². The van der Waals surface area contributed by atoms with Gasteiger partial charge in [-0.3, -0.25) is 4.79 Å². The zero-order valence-electron chi connectivity index (χ0n) is 12.4. The van der Waals surface area contributed by atoms with Gasteiger partial charge in [0, 0.05) is 5.69 Å². The van der Waals surface area contributed by atoms with E-state index in [9.17, 15) is 4.79 Å². The van der Waals surface area contributed by atoms with Gasteiger partial charge in [0.1, 0.15) is 0 Å². The molecule has 21 heavy (non-hydrogen) atoms. The van der Waals surface area contributed by atoms with Crippen molar-refractivity contribution in [1.82, 2.24) is 0 Å². The maximum absolute atomic E-state index is 12.0. The Kier molecular flexibility index (Phi) is 3.61. The lowest BCUT2D eigenvalue weighted by Crippen LogP contribution is -2.52. The first-order valence-electron chi connectivity index (χ1n) is 7.28. The van der Waals surface area contributed by atoms with Crippen LogP contribution in [0.5, 0.6) is 0 Å². The summed E-state index contributed by atoms with van der Waals surface area (Å²) in [6.07, 6.45) is 4.81. The third-order valence-electron chi connectivity index (χ3n) is 4.13. The van der Waals surface area contributed by atoms with E-state index in [0.717, 1.165) is 11.3 Å². The third-order valence-corrected chi connectivity index (χ3v) is 4.13. The van der Waals surface area contributed by atoms with Crippen LogP contribution in [0.25, 0.3) is 6.08 Å². The summed E-state index contributed by atoms with van der Waals surface area (Å²) >= 11 is 0. The summed E-state index contributed by atoms with van der Waals surface area (Å²) in [7, 11) is 0. The molecule has 0 aromatic heterocycles. The molecular weight excluding hydrogens is 258 g/mol. The normalized spacial score (nSPS) is 18.1. The molecule has 2 aromatic rings. The SMILES string of the molecule is Cc1cccc(N2C(=O)CC2/C=C/c2ccccc2)c1C. The molecule has 1 heterocycles. The number of nitrogens with zero attached hydrogens (tertiary/aromatic N) is 1. The van der Waals surface area contributed by atoms with Crippen LogP contribution in [0.15, 0.2) is 54.6 Å². The highest BCUT2D eigenvalue weighted by atomic mass is 16.2. The lowest BCUT2D eigenvalue weighted by Gasteiger charge is -2.40. The van der Waals surface area contributed by atoms with Crippen LogP contribution in [-0.4, -0.2) is 11.9 Å². The summed E-state index contributed by atoms with van der Waals surface area (Å²) in [5.74, 6) is 0.200. The Morgan fingerprint density at radius 3 is 2.52 bits per heavy atom. The molecule has 2 heteroatoms. The van der Waals surface area contributed by atoms with Gasteiger partial charge in [-0.2, -0.15) is 0 Å². The van der Waals surface area contributed by atoms with Gasteiger partial charge in [-0.05, 0) is 36.6 Å². The van der Waals surface area contributed by atoms with Crippen LogP contribution in [0.1, 0.15) is 23.1 Å². The lowest BCUT2D eigenvalue weighted by atomic mass is 9.96. The molecule has 0 spiro atoms. The minimum Gasteiger partial charge on any atom is -0.305 e. The van der Waals surface area contributed by atoms with E-state index in [-0.39, 0.29) is 11.9 Å². The van der Waals surface area contributed by atoms with Gasteiger partial charge >= 0.3 is 0 Å². The van der Waals surface area contributed by atoms with Gasteiger partial charge in [-0.1, -0.05) is 54.6 Å². The predicted octanol–water partition coefficient (Wildman–Crippen LogP) is 4.12. The average Bonchev–Trinajstić information content (AvgIpc) is 2.49. The lowest BCUT2D eigenvalue weighted by molar-refractivity contribution is -0.123. The van der Waals surface area contributed by atoms with E-state index >= 15 is 0 Å². The number of aryl methyl sites for hydroxylation is 1. The van der Waals surface area contributed by atoms with Crippen molar-refractivity contribution < 1.29 is 4.79 Å². The molecule has 0 saturated carbocycles. The van der Waals surface area contributed by atoms with Crippen molar-refractivity contribution in [2.45, 2.75) is 26.3 Å². The molecule has 106 valence electrons. The van der Waals surface area contributed by atoms with Crippen molar-refractivity contribution in [3.63, 3.8) is 0 Å². The Hall–Kier alpha value is -2.35. The Bertz CT molecular complexity index is 688. The molecule has 3 rings (SSSR count). The minimum absolute atomic E-state index is 0.165. The van der Waals surface area contributed by atoms with E-state index in [1.165, 1.54) is 11.1 Å². The van der Waals surface area contributed by atoms with Gasteiger partial charge in [0.25, 0.3) is 0 Å². The average molecular weight is 277 g/mol. The van der Waals surface area contributed by atoms with Crippen molar-refractivity contribution in [1.29, 1.82) is 0 Å². The fraction of sp³-hybridized carbons (Fsp3) is 0.211. The summed E-state index contributed by atoms with van der Waals surface area (Å²) in [5.41, 5.74) is 4.60. The first kappa shape index (κ1) is 13.6. The summed E-state index contributed by atoms with van der Waals surface area (Å²) in [6, 6.07) is 16.5. The van der Waals surface area contributed by atoms with Gasteiger partial charge in [0.2, 0.25) is 5.91 Å². The van der Waals surface area contributed by atoms with Crippen molar-refractivity contribution in [2.75, 3.05) is 4.90 Å². The second kappa shape index (κ2) is 5.57. The maximum Gasteiger partial charge on any atom is 0.229 e. The zero-order chi connectivity index (χ0) is 14.8. The van der Waals surface area contributed by atoms with Crippen molar-refractivity contribution >= 4 is 17.7 Å². The van der Waals surface area contributed by atoms with Crippen LogP contribution in [0.3, 0.4) is 0 Å². The standard InChI is InChI=1S/C19H19NO/c1-14-7-6-10-18(15(14)2)20-17(13-19(20)21)12-11-16-8-4-3-5-9-16/h3-12,17H,13H2,1-2H3/b12-11+. The summed E-state index contributed by atoms with van der Waals surface area (Å²) in [6.45, 7) is 4.16. The highest BCUT2D eigenvalue weighted by Gasteiger charge is 2.36. The predicted molar refractivity (Wildman–Crippen MR) is 87.3 cm³/mol. The van der Waals surface area contributed by atoms with Crippen LogP contribution in [-0.2, 0) is 4.79 Å². The van der Waals surface area contributed by atoms with E-state index in [0.29, 0.717) is 6.42 Å². The largest absolute Gasteiger partial charge is 0.305 e. The first-order valence-corrected chi connectivity index (χ1v) is 7.28. The molecule has 1 amide bonds. The molecule has 0 radical (unpaired) electrons. The number of rotatable bonds is 3. The number of carbonyl (C=O) groups excluding carboxylic acids is 1. The van der Waals surface area contributed by atoms with Gasteiger partial charge in [0.15, 0.2) is 0 Å². The van der Waals surface area contributed by atoms with E-state index in [4.69, 9.17) is 0 Å². The Morgan fingerprint density at radius 1 is 1.05 bits per heavy atom. The number of β-lactam (4-membered cyclic amide) rings is 1. The number of hydrogen-bond acceptors (Lipinski definition) is 1. The third kappa shape index (κ3) is 2.62. The summed E-state index contributed by atoms with van der Waals surface area (Å²) in [5, 5.41) is 0. The number of benzene rings is 2. The van der Waals surface area contributed by atoms with Crippen LogP contribution >= 0.6 is 0 Å². The molecule has 1 unspecified atom stereocenters. The summed E-state index contributed by atoms with van der Waals surface area (Å²) in [4.78, 5) is 13.9. The fourth-order valence-corrected chi connectivity index (χ4v) is 2.69. The van der Waals surface area contributed by atoms with E-state index in [1.54, 1.807) is 0 Å². The number of amides is 1. The molecule has 0 aliphatic carbocycles. The zero-order valence-corrected chi connectivity index (χ0v) is 12.4. The molecule has 1 fully saturated rings. The van der Waals surface area contributed by atoms with Gasteiger partial charge in [0.05, 0.1) is 12.5 Å². The monoisotopic (exact) mass is 277 g/mol. The van der Waals surface area contributed by atoms with E-state index in [1.807, 2.05) is 35.2 Å². The smallest absolute Gasteiger partial charge is 0.229 e. The molecule has 2 nitrogen and oxygen atoms in total. The van der Waals surface area contributed by atoms with Crippen LogP contribution < -0.4 is 4.90 Å². The number of hydrogen-bond donors (Lipinski definition) is 0. The number of anilines is 1. The first-order chi connectivity index (χ1) is 10.2. The maximum atomic E-state index is 12.0. The minimum atomic E-state index is 0.165. The molecule has 1 aliphatic rings. The molecular formula is C19H19NO. The Morgan fingerprint density at radius 2 is 1.81 bits per heavy atom. The molecule has 2 aromatic carbocycles. The second-order valence-corrected chi connectivity index (χ2v) is 5.52. The van der Waals surface area contributed by atoms with E-state index < -0.39 is 0 Å². The Labute approximate surface area is 125 Å². The Balaban J connectivity index is 1.83. The van der Waals surface area contributed by atoms with Crippen molar-refractivity contribution in [3.8, 4) is 0 Å². The topological polar surface area (TPSA) is 20.3 Å². The highest BCUT2D eigenvalue weighted by molar-refractivity contribution is 6.02.